The number of hydrogen-bond donors (Lipinski definition) is 1. The molecule has 1 rings (SSSR count). The fraction of sp³-hybridized carbons (Fsp3) is 0.500. The van der Waals surface area contributed by atoms with Gasteiger partial charge in [-0.25, -0.2) is 4.39 Å². The second-order valence-electron chi connectivity index (χ2n) is 3.44. The number of benzene rings is 1. The van der Waals surface area contributed by atoms with Gasteiger partial charge in [-0.2, -0.15) is 0 Å². The molecular formula is C12H17BrFNO. The van der Waals surface area contributed by atoms with Crippen LogP contribution in [0, 0.1) is 5.82 Å². The van der Waals surface area contributed by atoms with Crippen molar-refractivity contribution in [3.8, 4) is 0 Å². The molecule has 4 heteroatoms. The first-order chi connectivity index (χ1) is 7.69. The molecule has 2 nitrogen and oxygen atoms in total. The van der Waals surface area contributed by atoms with Gasteiger partial charge in [0, 0.05) is 11.1 Å². The summed E-state index contributed by atoms with van der Waals surface area (Å²) in [5, 5.41) is 3.32. The number of hydrogen-bond acceptors (Lipinski definition) is 2. The van der Waals surface area contributed by atoms with Crippen LogP contribution in [-0.4, -0.2) is 19.8 Å². The smallest absolute Gasteiger partial charge is 0.124 e. The molecule has 0 radical (unpaired) electrons. The van der Waals surface area contributed by atoms with Crippen LogP contribution in [0.5, 0.6) is 0 Å². The van der Waals surface area contributed by atoms with Gasteiger partial charge >= 0.3 is 0 Å². The summed E-state index contributed by atoms with van der Waals surface area (Å²) in [7, 11) is 0. The maximum atomic E-state index is 13.0. The van der Waals surface area contributed by atoms with Crippen molar-refractivity contribution in [1.82, 2.24) is 5.32 Å². The molecule has 1 aromatic rings. The minimum absolute atomic E-state index is 0.0972. The Morgan fingerprint density at radius 3 is 2.75 bits per heavy atom. The molecule has 1 N–H and O–H groups in total. The molecule has 0 aliphatic heterocycles. The molecule has 1 unspecified atom stereocenters. The van der Waals surface area contributed by atoms with E-state index in [9.17, 15) is 4.39 Å². The van der Waals surface area contributed by atoms with Gasteiger partial charge in [0.1, 0.15) is 5.82 Å². The predicted octanol–water partition coefficient (Wildman–Crippen LogP) is 3.28. The fourth-order valence-corrected chi connectivity index (χ4v) is 2.15. The average Bonchev–Trinajstić information content (AvgIpc) is 2.25. The first-order valence-electron chi connectivity index (χ1n) is 5.45. The van der Waals surface area contributed by atoms with Crippen LogP contribution in [0.1, 0.15) is 25.5 Å². The SMILES string of the molecule is CCNC(COCC)c1ccc(F)cc1Br. The molecular weight excluding hydrogens is 273 g/mol. The standard InChI is InChI=1S/C12H17BrFNO/c1-3-15-12(8-16-4-2)10-6-5-9(14)7-11(10)13/h5-7,12,15H,3-4,8H2,1-2H3. The molecule has 0 aliphatic carbocycles. The highest BCUT2D eigenvalue weighted by Crippen LogP contribution is 2.24. The second kappa shape index (κ2) is 6.99. The number of likely N-dealkylation sites (N-methyl/N-ethyl adjacent to an activating group) is 1. The Hall–Kier alpha value is -0.450. The van der Waals surface area contributed by atoms with E-state index in [0.717, 1.165) is 16.6 Å². The molecule has 0 aliphatic rings. The lowest BCUT2D eigenvalue weighted by atomic mass is 10.1. The molecule has 0 spiro atoms. The van der Waals surface area contributed by atoms with E-state index in [1.165, 1.54) is 12.1 Å². The van der Waals surface area contributed by atoms with E-state index in [4.69, 9.17) is 4.74 Å². The lowest BCUT2D eigenvalue weighted by molar-refractivity contribution is 0.123. The number of nitrogens with one attached hydrogen (secondary N) is 1. The van der Waals surface area contributed by atoms with Gasteiger partial charge in [0.05, 0.1) is 12.6 Å². The molecule has 0 amide bonds. The maximum Gasteiger partial charge on any atom is 0.124 e. The molecule has 90 valence electrons. The molecule has 0 fully saturated rings. The monoisotopic (exact) mass is 289 g/mol. The third-order valence-electron chi connectivity index (χ3n) is 2.28. The van der Waals surface area contributed by atoms with Gasteiger partial charge in [-0.15, -0.1) is 0 Å². The van der Waals surface area contributed by atoms with Crippen LogP contribution in [0.2, 0.25) is 0 Å². The lowest BCUT2D eigenvalue weighted by Gasteiger charge is -2.19. The van der Waals surface area contributed by atoms with E-state index in [0.29, 0.717) is 13.2 Å². The third-order valence-corrected chi connectivity index (χ3v) is 2.96. The minimum atomic E-state index is -0.234. The zero-order valence-corrected chi connectivity index (χ0v) is 11.2. The predicted molar refractivity (Wildman–Crippen MR) is 67.0 cm³/mol. The molecule has 1 aromatic carbocycles. The zero-order valence-electron chi connectivity index (χ0n) is 9.59. The second-order valence-corrected chi connectivity index (χ2v) is 4.29. The normalized spacial score (nSPS) is 12.8. The third kappa shape index (κ3) is 3.85. The van der Waals surface area contributed by atoms with Crippen molar-refractivity contribution in [2.45, 2.75) is 19.9 Å². The van der Waals surface area contributed by atoms with Gasteiger partial charge in [0.25, 0.3) is 0 Å². The maximum absolute atomic E-state index is 13.0. The Bertz CT molecular complexity index is 333. The molecule has 16 heavy (non-hydrogen) atoms. The highest BCUT2D eigenvalue weighted by Gasteiger charge is 2.13. The topological polar surface area (TPSA) is 21.3 Å². The van der Waals surface area contributed by atoms with Crippen molar-refractivity contribution < 1.29 is 9.13 Å². The summed E-state index contributed by atoms with van der Waals surface area (Å²) < 4.78 is 19.2. The molecule has 0 bridgehead atoms. The first kappa shape index (κ1) is 13.6. The lowest BCUT2D eigenvalue weighted by Crippen LogP contribution is -2.25. The number of halogens is 2. The van der Waals surface area contributed by atoms with E-state index in [1.54, 1.807) is 6.07 Å². The first-order valence-corrected chi connectivity index (χ1v) is 6.24. The van der Waals surface area contributed by atoms with Crippen molar-refractivity contribution in [3.05, 3.63) is 34.1 Å². The summed E-state index contributed by atoms with van der Waals surface area (Å²) in [6.07, 6.45) is 0. The van der Waals surface area contributed by atoms with Gasteiger partial charge in [-0.3, -0.25) is 0 Å². The van der Waals surface area contributed by atoms with Crippen LogP contribution in [0.25, 0.3) is 0 Å². The summed E-state index contributed by atoms with van der Waals surface area (Å²) in [5.74, 6) is -0.234. The van der Waals surface area contributed by atoms with E-state index in [2.05, 4.69) is 21.2 Å². The summed E-state index contributed by atoms with van der Waals surface area (Å²) in [6, 6.07) is 4.83. The highest BCUT2D eigenvalue weighted by molar-refractivity contribution is 9.10. The van der Waals surface area contributed by atoms with Crippen LogP contribution in [0.3, 0.4) is 0 Å². The van der Waals surface area contributed by atoms with Crippen molar-refractivity contribution in [3.63, 3.8) is 0 Å². The Morgan fingerprint density at radius 2 is 2.19 bits per heavy atom. The Morgan fingerprint density at radius 1 is 1.44 bits per heavy atom. The van der Waals surface area contributed by atoms with Crippen LogP contribution >= 0.6 is 15.9 Å². The van der Waals surface area contributed by atoms with Gasteiger partial charge in [-0.05, 0) is 31.2 Å². The van der Waals surface area contributed by atoms with Crippen molar-refractivity contribution >= 4 is 15.9 Å². The molecule has 0 saturated heterocycles. The number of ether oxygens (including phenoxy) is 1. The Balaban J connectivity index is 2.82. The molecule has 0 saturated carbocycles. The van der Waals surface area contributed by atoms with E-state index in [-0.39, 0.29) is 11.9 Å². The van der Waals surface area contributed by atoms with Crippen molar-refractivity contribution in [1.29, 1.82) is 0 Å². The van der Waals surface area contributed by atoms with Gasteiger partial charge < -0.3 is 10.1 Å². The Kier molecular flexibility index (Phi) is 5.95. The van der Waals surface area contributed by atoms with Crippen molar-refractivity contribution in [2.75, 3.05) is 19.8 Å². The fourth-order valence-electron chi connectivity index (χ4n) is 1.52. The average molecular weight is 290 g/mol. The van der Waals surface area contributed by atoms with Crippen molar-refractivity contribution in [2.24, 2.45) is 0 Å². The van der Waals surface area contributed by atoms with Crippen LogP contribution in [-0.2, 0) is 4.74 Å². The highest BCUT2D eigenvalue weighted by atomic mass is 79.9. The summed E-state index contributed by atoms with van der Waals surface area (Å²) in [5.41, 5.74) is 1.02. The van der Waals surface area contributed by atoms with E-state index >= 15 is 0 Å². The molecule has 0 aromatic heterocycles. The van der Waals surface area contributed by atoms with Gasteiger partial charge in [0.2, 0.25) is 0 Å². The molecule has 1 atom stereocenters. The quantitative estimate of drug-likeness (QED) is 0.868. The zero-order chi connectivity index (χ0) is 12.0. The minimum Gasteiger partial charge on any atom is -0.380 e. The van der Waals surface area contributed by atoms with Gasteiger partial charge in [-0.1, -0.05) is 28.9 Å². The largest absolute Gasteiger partial charge is 0.380 e. The van der Waals surface area contributed by atoms with Crippen LogP contribution in [0.4, 0.5) is 4.39 Å². The van der Waals surface area contributed by atoms with E-state index < -0.39 is 0 Å². The van der Waals surface area contributed by atoms with Gasteiger partial charge in [0.15, 0.2) is 0 Å². The van der Waals surface area contributed by atoms with Crippen LogP contribution < -0.4 is 5.32 Å². The summed E-state index contributed by atoms with van der Waals surface area (Å²) in [4.78, 5) is 0. The Labute approximate surface area is 104 Å². The summed E-state index contributed by atoms with van der Waals surface area (Å²) >= 11 is 3.37. The number of rotatable bonds is 6. The molecule has 0 heterocycles. The summed E-state index contributed by atoms with van der Waals surface area (Å²) in [6.45, 7) is 6.12. The van der Waals surface area contributed by atoms with Crippen LogP contribution in [0.15, 0.2) is 22.7 Å². The van der Waals surface area contributed by atoms with E-state index in [1.807, 2.05) is 13.8 Å².